The van der Waals surface area contributed by atoms with Gasteiger partial charge in [-0.25, -0.2) is 4.98 Å². The summed E-state index contributed by atoms with van der Waals surface area (Å²) in [4.78, 5) is 7.17. The van der Waals surface area contributed by atoms with Gasteiger partial charge in [0.1, 0.15) is 11.6 Å². The lowest BCUT2D eigenvalue weighted by Gasteiger charge is -2.34. The van der Waals surface area contributed by atoms with Crippen molar-refractivity contribution >= 4 is 0 Å². The van der Waals surface area contributed by atoms with Crippen molar-refractivity contribution < 1.29 is 4.74 Å². The molecule has 0 saturated heterocycles. The minimum atomic E-state index is 0.294. The number of aromatic nitrogens is 4. The van der Waals surface area contributed by atoms with Gasteiger partial charge in [0.2, 0.25) is 0 Å². The first-order valence-electron chi connectivity index (χ1n) is 8.63. The van der Waals surface area contributed by atoms with E-state index in [0.29, 0.717) is 6.04 Å². The van der Waals surface area contributed by atoms with Crippen LogP contribution in [-0.2, 0) is 19.6 Å². The highest BCUT2D eigenvalue weighted by Gasteiger charge is 2.27. The van der Waals surface area contributed by atoms with Crippen molar-refractivity contribution in [3.05, 3.63) is 66.0 Å². The van der Waals surface area contributed by atoms with E-state index in [1.54, 1.807) is 7.11 Å². The largest absolute Gasteiger partial charge is 0.497 e. The zero-order chi connectivity index (χ0) is 17.2. The first-order chi connectivity index (χ1) is 12.2. The molecule has 0 bridgehead atoms. The number of hydrogen-bond donors (Lipinski definition) is 0. The first kappa shape index (κ1) is 15.9. The summed E-state index contributed by atoms with van der Waals surface area (Å²) in [6, 6.07) is 10.6. The fraction of sp³-hybridized carbons (Fsp3) is 0.368. The number of hydrogen-bond acceptors (Lipinski definition) is 4. The van der Waals surface area contributed by atoms with Gasteiger partial charge in [-0.1, -0.05) is 12.1 Å². The molecule has 0 aliphatic carbocycles. The highest BCUT2D eigenvalue weighted by atomic mass is 16.5. The van der Waals surface area contributed by atoms with Crippen LogP contribution in [0.3, 0.4) is 0 Å². The molecule has 1 aromatic carbocycles. The molecule has 2 aromatic heterocycles. The summed E-state index contributed by atoms with van der Waals surface area (Å²) in [6.45, 7) is 5.91. The van der Waals surface area contributed by atoms with Gasteiger partial charge in [-0.3, -0.25) is 9.58 Å². The van der Waals surface area contributed by atoms with Crippen LogP contribution in [0.4, 0.5) is 0 Å². The molecule has 0 amide bonds. The summed E-state index contributed by atoms with van der Waals surface area (Å²) in [5.74, 6) is 2.04. The molecule has 0 N–H and O–H groups in total. The standard InChI is InChI=1S/C19H23N5O/c1-15-19-20-12-17(14-23-9-3-8-21-23)24(19)11-10-22(15)13-16-4-6-18(25-2)7-5-16/h3-9,12,15H,10-11,13-14H2,1-2H3. The van der Waals surface area contributed by atoms with Gasteiger partial charge in [-0.05, 0) is 30.7 Å². The molecule has 130 valence electrons. The summed E-state index contributed by atoms with van der Waals surface area (Å²) in [7, 11) is 1.70. The number of fused-ring (bicyclic) bond motifs is 1. The van der Waals surface area contributed by atoms with E-state index in [-0.39, 0.29) is 0 Å². The maximum atomic E-state index is 5.24. The predicted molar refractivity (Wildman–Crippen MR) is 95.4 cm³/mol. The normalized spacial score (nSPS) is 17.4. The van der Waals surface area contributed by atoms with Gasteiger partial charge in [-0.15, -0.1) is 0 Å². The SMILES string of the molecule is COc1ccc(CN2CCn3c(Cn4cccn4)cnc3C2C)cc1. The molecule has 6 nitrogen and oxygen atoms in total. The van der Waals surface area contributed by atoms with E-state index in [1.165, 1.54) is 11.3 Å². The van der Waals surface area contributed by atoms with E-state index in [9.17, 15) is 0 Å². The van der Waals surface area contributed by atoms with E-state index < -0.39 is 0 Å². The van der Waals surface area contributed by atoms with E-state index in [4.69, 9.17) is 9.72 Å². The first-order valence-corrected chi connectivity index (χ1v) is 8.63. The Kier molecular flexibility index (Phi) is 4.28. The van der Waals surface area contributed by atoms with E-state index in [1.807, 2.05) is 41.5 Å². The second kappa shape index (κ2) is 6.72. The third-order valence-electron chi connectivity index (χ3n) is 4.93. The number of benzene rings is 1. The van der Waals surface area contributed by atoms with Gasteiger partial charge in [0.25, 0.3) is 0 Å². The number of methoxy groups -OCH3 is 1. The lowest BCUT2D eigenvalue weighted by atomic mass is 10.1. The Balaban J connectivity index is 1.49. The average Bonchev–Trinajstić information content (AvgIpc) is 3.29. The Morgan fingerprint density at radius 1 is 1.16 bits per heavy atom. The Labute approximate surface area is 147 Å². The van der Waals surface area contributed by atoms with Crippen LogP contribution in [0.2, 0.25) is 0 Å². The van der Waals surface area contributed by atoms with Crippen LogP contribution < -0.4 is 4.74 Å². The Morgan fingerprint density at radius 2 is 2.00 bits per heavy atom. The molecular weight excluding hydrogens is 314 g/mol. The van der Waals surface area contributed by atoms with Crippen molar-refractivity contribution in [1.82, 2.24) is 24.2 Å². The second-order valence-corrected chi connectivity index (χ2v) is 6.46. The zero-order valence-corrected chi connectivity index (χ0v) is 14.7. The average molecular weight is 337 g/mol. The van der Waals surface area contributed by atoms with Crippen LogP contribution in [0.25, 0.3) is 0 Å². The summed E-state index contributed by atoms with van der Waals surface area (Å²) in [5.41, 5.74) is 2.51. The molecule has 1 aliphatic heterocycles. The molecule has 3 heterocycles. The van der Waals surface area contributed by atoms with Gasteiger partial charge in [-0.2, -0.15) is 5.10 Å². The van der Waals surface area contributed by atoms with Crippen molar-refractivity contribution in [3.8, 4) is 5.75 Å². The predicted octanol–water partition coefficient (Wildman–Crippen LogP) is 2.71. The highest BCUT2D eigenvalue weighted by molar-refractivity contribution is 5.27. The molecule has 0 radical (unpaired) electrons. The van der Waals surface area contributed by atoms with E-state index in [2.05, 4.69) is 33.6 Å². The van der Waals surface area contributed by atoms with Crippen LogP contribution in [0.1, 0.15) is 30.0 Å². The lowest BCUT2D eigenvalue weighted by molar-refractivity contribution is 0.155. The summed E-state index contributed by atoms with van der Waals surface area (Å²) >= 11 is 0. The Bertz CT molecular complexity index is 822. The maximum Gasteiger partial charge on any atom is 0.126 e. The number of imidazole rings is 1. The summed E-state index contributed by atoms with van der Waals surface area (Å²) in [5, 5.41) is 4.30. The van der Waals surface area contributed by atoms with Crippen LogP contribution in [0.5, 0.6) is 5.75 Å². The molecule has 1 atom stereocenters. The number of rotatable bonds is 5. The monoisotopic (exact) mass is 337 g/mol. The smallest absolute Gasteiger partial charge is 0.126 e. The fourth-order valence-corrected chi connectivity index (χ4v) is 3.47. The van der Waals surface area contributed by atoms with E-state index in [0.717, 1.165) is 37.8 Å². The van der Waals surface area contributed by atoms with Gasteiger partial charge >= 0.3 is 0 Å². The van der Waals surface area contributed by atoms with Crippen molar-refractivity contribution in [3.63, 3.8) is 0 Å². The van der Waals surface area contributed by atoms with Crippen LogP contribution in [0, 0.1) is 0 Å². The molecule has 3 aromatic rings. The molecule has 0 spiro atoms. The molecular formula is C19H23N5O. The molecule has 0 fully saturated rings. The van der Waals surface area contributed by atoms with Gasteiger partial charge < -0.3 is 9.30 Å². The molecule has 1 unspecified atom stereocenters. The van der Waals surface area contributed by atoms with Gasteiger partial charge in [0.05, 0.1) is 31.6 Å². The van der Waals surface area contributed by atoms with E-state index >= 15 is 0 Å². The Morgan fingerprint density at radius 3 is 2.72 bits per heavy atom. The van der Waals surface area contributed by atoms with Gasteiger partial charge in [0.15, 0.2) is 0 Å². The van der Waals surface area contributed by atoms with Crippen molar-refractivity contribution in [2.45, 2.75) is 32.6 Å². The second-order valence-electron chi connectivity index (χ2n) is 6.46. The number of nitrogens with zero attached hydrogens (tertiary/aromatic N) is 5. The Hall–Kier alpha value is -2.60. The summed E-state index contributed by atoms with van der Waals surface area (Å²) in [6.07, 6.45) is 5.79. The highest BCUT2D eigenvalue weighted by Crippen LogP contribution is 2.27. The third-order valence-corrected chi connectivity index (χ3v) is 4.93. The van der Waals surface area contributed by atoms with Crippen molar-refractivity contribution in [2.75, 3.05) is 13.7 Å². The fourth-order valence-electron chi connectivity index (χ4n) is 3.47. The third kappa shape index (κ3) is 3.17. The molecule has 6 heteroatoms. The molecule has 4 rings (SSSR count). The maximum absolute atomic E-state index is 5.24. The minimum absolute atomic E-state index is 0.294. The molecule has 1 aliphatic rings. The summed E-state index contributed by atoms with van der Waals surface area (Å²) < 4.78 is 9.53. The number of ether oxygens (including phenoxy) is 1. The zero-order valence-electron chi connectivity index (χ0n) is 14.7. The topological polar surface area (TPSA) is 48.1 Å². The van der Waals surface area contributed by atoms with Crippen molar-refractivity contribution in [1.29, 1.82) is 0 Å². The minimum Gasteiger partial charge on any atom is -0.497 e. The quantitative estimate of drug-likeness (QED) is 0.718. The lowest BCUT2D eigenvalue weighted by Crippen LogP contribution is -2.37. The van der Waals surface area contributed by atoms with Crippen LogP contribution in [0.15, 0.2) is 48.9 Å². The van der Waals surface area contributed by atoms with Crippen LogP contribution in [-0.4, -0.2) is 37.9 Å². The van der Waals surface area contributed by atoms with Gasteiger partial charge in [0, 0.05) is 32.0 Å². The van der Waals surface area contributed by atoms with Crippen LogP contribution >= 0.6 is 0 Å². The molecule has 0 saturated carbocycles. The van der Waals surface area contributed by atoms with Crippen molar-refractivity contribution in [2.24, 2.45) is 0 Å². The molecule has 25 heavy (non-hydrogen) atoms.